The second-order valence-corrected chi connectivity index (χ2v) is 4.99. The lowest BCUT2D eigenvalue weighted by molar-refractivity contribution is 0.0322. The molecular formula is C15H21NO4. The third-order valence-electron chi connectivity index (χ3n) is 3.61. The molecule has 0 spiro atoms. The molecule has 1 fully saturated rings. The van der Waals surface area contributed by atoms with Gasteiger partial charge in [-0.25, -0.2) is 4.79 Å². The number of carboxylic acids is 1. The van der Waals surface area contributed by atoms with Crippen LogP contribution in [0.3, 0.4) is 0 Å². The molecule has 2 rings (SSSR count). The number of hydrogen-bond acceptors (Lipinski definition) is 4. The van der Waals surface area contributed by atoms with Crippen LogP contribution in [0.15, 0.2) is 12.1 Å². The molecule has 5 heteroatoms. The third kappa shape index (κ3) is 3.49. The number of carboxylic acid groups (broad SMARTS) is 1. The Kier molecular flexibility index (Phi) is 4.98. The van der Waals surface area contributed by atoms with Gasteiger partial charge >= 0.3 is 5.97 Å². The predicted octanol–water partition coefficient (Wildman–Crippen LogP) is 1.71. The minimum Gasteiger partial charge on any atom is -0.492 e. The molecule has 1 aromatic rings. The second kappa shape index (κ2) is 6.72. The number of carbonyl (C=O) groups is 1. The van der Waals surface area contributed by atoms with Crippen LogP contribution in [0.5, 0.6) is 5.75 Å². The summed E-state index contributed by atoms with van der Waals surface area (Å²) in [5, 5.41) is 9.22. The number of aromatic carboxylic acids is 1. The highest BCUT2D eigenvalue weighted by atomic mass is 16.5. The van der Waals surface area contributed by atoms with E-state index in [1.165, 1.54) is 0 Å². The zero-order valence-electron chi connectivity index (χ0n) is 12.0. The van der Waals surface area contributed by atoms with Crippen molar-refractivity contribution in [2.75, 3.05) is 39.5 Å². The number of rotatable bonds is 5. The molecule has 0 bridgehead atoms. The van der Waals surface area contributed by atoms with E-state index in [4.69, 9.17) is 9.47 Å². The van der Waals surface area contributed by atoms with E-state index in [1.807, 2.05) is 6.07 Å². The summed E-state index contributed by atoms with van der Waals surface area (Å²) in [6.07, 6.45) is 0. The summed E-state index contributed by atoms with van der Waals surface area (Å²) in [6, 6.07) is 3.64. The van der Waals surface area contributed by atoms with Gasteiger partial charge in [-0.3, -0.25) is 4.90 Å². The molecule has 1 aliphatic rings. The van der Waals surface area contributed by atoms with Gasteiger partial charge in [0.05, 0.1) is 18.8 Å². The highest BCUT2D eigenvalue weighted by Gasteiger charge is 2.15. The number of benzene rings is 1. The van der Waals surface area contributed by atoms with Gasteiger partial charge < -0.3 is 14.6 Å². The summed E-state index contributed by atoms with van der Waals surface area (Å²) in [5.41, 5.74) is 1.80. The lowest BCUT2D eigenvalue weighted by Crippen LogP contribution is -2.38. The molecular weight excluding hydrogens is 258 g/mol. The molecule has 1 aromatic carbocycles. The van der Waals surface area contributed by atoms with Crippen molar-refractivity contribution in [3.8, 4) is 5.75 Å². The lowest BCUT2D eigenvalue weighted by atomic mass is 10.0. The van der Waals surface area contributed by atoms with E-state index >= 15 is 0 Å². The van der Waals surface area contributed by atoms with E-state index in [2.05, 4.69) is 4.90 Å². The lowest BCUT2D eigenvalue weighted by Gasteiger charge is -2.26. The van der Waals surface area contributed by atoms with E-state index in [9.17, 15) is 9.90 Å². The van der Waals surface area contributed by atoms with Crippen molar-refractivity contribution in [3.63, 3.8) is 0 Å². The predicted molar refractivity (Wildman–Crippen MR) is 75.6 cm³/mol. The number of aryl methyl sites for hydroxylation is 1. The average molecular weight is 279 g/mol. The minimum absolute atomic E-state index is 0.342. The van der Waals surface area contributed by atoms with Gasteiger partial charge in [0, 0.05) is 25.2 Å². The SMILES string of the molecule is Cc1ccc(OCCN2CCOCC2)c(C)c1C(=O)O. The third-order valence-corrected chi connectivity index (χ3v) is 3.61. The Morgan fingerprint density at radius 3 is 2.70 bits per heavy atom. The molecule has 1 heterocycles. The Bertz CT molecular complexity index is 481. The van der Waals surface area contributed by atoms with Gasteiger partial charge in [0.25, 0.3) is 0 Å². The molecule has 0 radical (unpaired) electrons. The largest absolute Gasteiger partial charge is 0.492 e. The van der Waals surface area contributed by atoms with Crippen molar-refractivity contribution in [3.05, 3.63) is 28.8 Å². The molecule has 0 atom stereocenters. The molecule has 0 saturated carbocycles. The molecule has 1 N–H and O–H groups in total. The monoisotopic (exact) mass is 279 g/mol. The maximum atomic E-state index is 11.2. The topological polar surface area (TPSA) is 59.0 Å². The van der Waals surface area contributed by atoms with Gasteiger partial charge in [0.2, 0.25) is 0 Å². The van der Waals surface area contributed by atoms with E-state index in [0.717, 1.165) is 38.4 Å². The van der Waals surface area contributed by atoms with E-state index < -0.39 is 5.97 Å². The Labute approximate surface area is 119 Å². The molecule has 0 aliphatic carbocycles. The Hall–Kier alpha value is -1.59. The van der Waals surface area contributed by atoms with Crippen LogP contribution in [-0.2, 0) is 4.74 Å². The molecule has 5 nitrogen and oxygen atoms in total. The summed E-state index contributed by atoms with van der Waals surface area (Å²) in [5.74, 6) is -0.250. The smallest absolute Gasteiger partial charge is 0.336 e. The molecule has 0 amide bonds. The number of hydrogen-bond donors (Lipinski definition) is 1. The first-order valence-electron chi connectivity index (χ1n) is 6.86. The molecule has 1 aliphatic heterocycles. The van der Waals surface area contributed by atoms with Gasteiger partial charge in [0.1, 0.15) is 12.4 Å². The molecule has 1 saturated heterocycles. The maximum absolute atomic E-state index is 11.2. The fourth-order valence-corrected chi connectivity index (χ4v) is 2.42. The standard InChI is InChI=1S/C15H21NO4/c1-11-3-4-13(12(2)14(11)15(17)18)20-10-7-16-5-8-19-9-6-16/h3-4H,5-10H2,1-2H3,(H,17,18). The maximum Gasteiger partial charge on any atom is 0.336 e. The van der Waals surface area contributed by atoms with Gasteiger partial charge in [-0.15, -0.1) is 0 Å². The van der Waals surface area contributed by atoms with Crippen molar-refractivity contribution < 1.29 is 19.4 Å². The normalized spacial score (nSPS) is 16.1. The molecule has 20 heavy (non-hydrogen) atoms. The molecule has 0 unspecified atom stereocenters. The van der Waals surface area contributed by atoms with Gasteiger partial charge in [0.15, 0.2) is 0 Å². The van der Waals surface area contributed by atoms with Crippen LogP contribution in [0.4, 0.5) is 0 Å². The highest BCUT2D eigenvalue weighted by molar-refractivity contribution is 5.91. The first-order chi connectivity index (χ1) is 9.59. The molecule has 110 valence electrons. The summed E-state index contributed by atoms with van der Waals surface area (Å²) >= 11 is 0. The van der Waals surface area contributed by atoms with Crippen LogP contribution < -0.4 is 4.74 Å². The summed E-state index contributed by atoms with van der Waals surface area (Å²) in [7, 11) is 0. The van der Waals surface area contributed by atoms with Crippen LogP contribution in [-0.4, -0.2) is 55.4 Å². The number of nitrogens with zero attached hydrogens (tertiary/aromatic N) is 1. The molecule has 0 aromatic heterocycles. The van der Waals surface area contributed by atoms with Gasteiger partial charge in [-0.1, -0.05) is 6.07 Å². The zero-order chi connectivity index (χ0) is 14.5. The van der Waals surface area contributed by atoms with Crippen LogP contribution >= 0.6 is 0 Å². The van der Waals surface area contributed by atoms with Crippen LogP contribution in [0.2, 0.25) is 0 Å². The van der Waals surface area contributed by atoms with E-state index in [0.29, 0.717) is 23.5 Å². The zero-order valence-corrected chi connectivity index (χ0v) is 12.0. The van der Waals surface area contributed by atoms with Crippen molar-refractivity contribution in [2.45, 2.75) is 13.8 Å². The van der Waals surface area contributed by atoms with Crippen molar-refractivity contribution in [1.82, 2.24) is 4.90 Å². The van der Waals surface area contributed by atoms with Crippen LogP contribution in [0, 0.1) is 13.8 Å². The van der Waals surface area contributed by atoms with Crippen LogP contribution in [0.1, 0.15) is 21.5 Å². The summed E-state index contributed by atoms with van der Waals surface area (Å²) < 4.78 is 11.0. The summed E-state index contributed by atoms with van der Waals surface area (Å²) in [6.45, 7) is 8.38. The first kappa shape index (κ1) is 14.8. The highest BCUT2D eigenvalue weighted by Crippen LogP contribution is 2.24. The Morgan fingerprint density at radius 2 is 2.05 bits per heavy atom. The van der Waals surface area contributed by atoms with Crippen molar-refractivity contribution in [1.29, 1.82) is 0 Å². The van der Waals surface area contributed by atoms with Gasteiger partial charge in [-0.2, -0.15) is 0 Å². The quantitative estimate of drug-likeness (QED) is 0.889. The fourth-order valence-electron chi connectivity index (χ4n) is 2.42. The first-order valence-corrected chi connectivity index (χ1v) is 6.86. The minimum atomic E-state index is -0.904. The number of ether oxygens (including phenoxy) is 2. The second-order valence-electron chi connectivity index (χ2n) is 4.99. The number of morpholine rings is 1. The van der Waals surface area contributed by atoms with E-state index in [-0.39, 0.29) is 0 Å². The Morgan fingerprint density at radius 1 is 1.35 bits per heavy atom. The van der Waals surface area contributed by atoms with Crippen LogP contribution in [0.25, 0.3) is 0 Å². The van der Waals surface area contributed by atoms with E-state index in [1.54, 1.807) is 19.9 Å². The van der Waals surface area contributed by atoms with Crippen molar-refractivity contribution >= 4 is 5.97 Å². The fraction of sp³-hybridized carbons (Fsp3) is 0.533. The summed E-state index contributed by atoms with van der Waals surface area (Å²) in [4.78, 5) is 13.5. The van der Waals surface area contributed by atoms with Gasteiger partial charge in [-0.05, 0) is 25.5 Å². The van der Waals surface area contributed by atoms with Crippen molar-refractivity contribution in [2.24, 2.45) is 0 Å². The average Bonchev–Trinajstić information content (AvgIpc) is 2.42. The Balaban J connectivity index is 1.95.